The number of carbonyl (C=O) groups is 1. The highest BCUT2D eigenvalue weighted by atomic mass is 19.4. The number of hydrogen-bond acceptors (Lipinski definition) is 6. The predicted molar refractivity (Wildman–Crippen MR) is 124 cm³/mol. The number of benzene rings is 2. The minimum Gasteiger partial charge on any atom is -0.324 e. The number of aromatic nitrogens is 3. The largest absolute Gasteiger partial charge is 0.424 e. The van der Waals surface area contributed by atoms with Gasteiger partial charge in [-0.25, -0.2) is 9.97 Å². The molecule has 0 aliphatic carbocycles. The first-order valence-electron chi connectivity index (χ1n) is 10.2. The third kappa shape index (κ3) is 5.39. The van der Waals surface area contributed by atoms with Crippen LogP contribution in [0, 0.1) is 12.3 Å². The van der Waals surface area contributed by atoms with Gasteiger partial charge in [-0.3, -0.25) is 9.78 Å². The van der Waals surface area contributed by atoms with Crippen LogP contribution in [0.25, 0.3) is 16.2 Å². The Kier molecular flexibility index (Phi) is 6.37. The summed E-state index contributed by atoms with van der Waals surface area (Å²) in [6.45, 7) is 1.84. The number of alkyl halides is 3. The lowest BCUT2D eigenvalue weighted by atomic mass is 10.1. The minimum atomic E-state index is -4.79. The maximum absolute atomic E-state index is 13.2. The average molecular weight is 476 g/mol. The fourth-order valence-electron chi connectivity index (χ4n) is 3.24. The van der Waals surface area contributed by atoms with Crippen LogP contribution < -0.4 is 10.6 Å². The van der Waals surface area contributed by atoms with E-state index in [0.29, 0.717) is 29.1 Å². The van der Waals surface area contributed by atoms with E-state index in [-0.39, 0.29) is 5.56 Å². The van der Waals surface area contributed by atoms with E-state index in [2.05, 4.69) is 30.6 Å². The number of amides is 1. The van der Waals surface area contributed by atoms with Crippen LogP contribution in [0.15, 0.2) is 73.2 Å². The van der Waals surface area contributed by atoms with Crippen molar-refractivity contribution in [1.29, 1.82) is 5.39 Å². The molecular formula is C24H17F3N7O+. The van der Waals surface area contributed by atoms with Crippen LogP contribution in [0.1, 0.15) is 21.5 Å². The molecule has 11 heteroatoms. The summed E-state index contributed by atoms with van der Waals surface area (Å²) in [6.07, 6.45) is 0.147. The zero-order valence-corrected chi connectivity index (χ0v) is 18.2. The molecule has 35 heavy (non-hydrogen) atoms. The van der Waals surface area contributed by atoms with Crippen LogP contribution >= 0.6 is 0 Å². The van der Waals surface area contributed by atoms with Gasteiger partial charge in [0.1, 0.15) is 0 Å². The highest BCUT2D eigenvalue weighted by molar-refractivity contribution is 6.05. The zero-order valence-electron chi connectivity index (χ0n) is 18.2. The van der Waals surface area contributed by atoms with Gasteiger partial charge in [0.15, 0.2) is 10.5 Å². The first kappa shape index (κ1) is 23.3. The molecule has 0 spiro atoms. The van der Waals surface area contributed by atoms with E-state index in [9.17, 15) is 18.0 Å². The molecule has 0 aliphatic heterocycles. The van der Waals surface area contributed by atoms with Gasteiger partial charge in [0.25, 0.3) is 5.91 Å². The van der Waals surface area contributed by atoms with Crippen molar-refractivity contribution >= 4 is 28.9 Å². The monoisotopic (exact) mass is 476 g/mol. The molecule has 4 rings (SSSR count). The van der Waals surface area contributed by atoms with Gasteiger partial charge in [-0.2, -0.15) is 13.2 Å². The van der Waals surface area contributed by atoms with Gasteiger partial charge in [-0.15, -0.1) is 0 Å². The molecular weight excluding hydrogens is 459 g/mol. The van der Waals surface area contributed by atoms with Crippen molar-refractivity contribution in [2.45, 2.75) is 13.1 Å². The third-order valence-corrected chi connectivity index (χ3v) is 5.03. The van der Waals surface area contributed by atoms with Crippen LogP contribution in [0.3, 0.4) is 0 Å². The number of diazo groups is 1. The van der Waals surface area contributed by atoms with Crippen molar-refractivity contribution in [3.05, 3.63) is 94.9 Å². The quantitative estimate of drug-likeness (QED) is 0.325. The van der Waals surface area contributed by atoms with Crippen molar-refractivity contribution in [3.8, 4) is 11.3 Å². The second kappa shape index (κ2) is 9.56. The van der Waals surface area contributed by atoms with Crippen LogP contribution in [0.4, 0.5) is 36.2 Å². The summed E-state index contributed by atoms with van der Waals surface area (Å²) >= 11 is 0. The average Bonchev–Trinajstić information content (AvgIpc) is 2.86. The topological polar surface area (TPSA) is 108 Å². The number of rotatable bonds is 5. The number of nitrogens with zero attached hydrogens (tertiary/aromatic N) is 5. The van der Waals surface area contributed by atoms with Crippen LogP contribution in [0.5, 0.6) is 0 Å². The lowest BCUT2D eigenvalue weighted by molar-refractivity contribution is -0.136. The molecule has 0 radical (unpaired) electrons. The van der Waals surface area contributed by atoms with Crippen molar-refractivity contribution in [1.82, 2.24) is 15.0 Å². The minimum absolute atomic E-state index is 0.243. The zero-order chi connectivity index (χ0) is 25.0. The van der Waals surface area contributed by atoms with Gasteiger partial charge in [0, 0.05) is 47.2 Å². The normalized spacial score (nSPS) is 10.9. The molecule has 0 atom stereocenters. The summed E-state index contributed by atoms with van der Waals surface area (Å²) in [5.41, 5.74) is 1.10. The predicted octanol–water partition coefficient (Wildman–Crippen LogP) is 6.35. The molecule has 1 amide bonds. The lowest BCUT2D eigenvalue weighted by Crippen LogP contribution is -2.14. The number of carbonyl (C=O) groups excluding carboxylic acids is 1. The Morgan fingerprint density at radius 2 is 1.89 bits per heavy atom. The van der Waals surface area contributed by atoms with Crippen molar-refractivity contribution < 1.29 is 18.0 Å². The first-order chi connectivity index (χ1) is 16.7. The van der Waals surface area contributed by atoms with Gasteiger partial charge in [-0.05, 0) is 55.0 Å². The SMILES string of the molecule is Cc1ccc(NC(=O)c2ccc([N+]#N)c(C(F)(F)F)c2)cc1Nc1nccc(-c2cccnc2)n1. The Labute approximate surface area is 197 Å². The number of nitrogens with one attached hydrogen (secondary N) is 2. The van der Waals surface area contributed by atoms with E-state index in [4.69, 9.17) is 5.39 Å². The molecule has 2 aromatic carbocycles. The molecule has 0 bridgehead atoms. The van der Waals surface area contributed by atoms with Gasteiger partial charge in [0.2, 0.25) is 11.3 Å². The number of aryl methyl sites for hydroxylation is 1. The van der Waals surface area contributed by atoms with E-state index in [1.165, 1.54) is 0 Å². The van der Waals surface area contributed by atoms with Crippen LogP contribution in [0.2, 0.25) is 0 Å². The Morgan fingerprint density at radius 3 is 2.60 bits per heavy atom. The van der Waals surface area contributed by atoms with E-state index in [1.807, 2.05) is 13.0 Å². The summed E-state index contributed by atoms with van der Waals surface area (Å²) in [6, 6.07) is 13.1. The van der Waals surface area contributed by atoms with Crippen molar-refractivity contribution in [2.24, 2.45) is 0 Å². The summed E-state index contributed by atoms with van der Waals surface area (Å²) in [5, 5.41) is 14.5. The molecule has 2 heterocycles. The number of pyridine rings is 1. The molecule has 2 aromatic heterocycles. The second-order valence-corrected chi connectivity index (χ2v) is 7.45. The van der Waals surface area contributed by atoms with Gasteiger partial charge >= 0.3 is 11.9 Å². The number of halogens is 3. The third-order valence-electron chi connectivity index (χ3n) is 5.03. The molecule has 8 nitrogen and oxygen atoms in total. The number of hydrogen-bond donors (Lipinski definition) is 2. The molecule has 174 valence electrons. The fourth-order valence-corrected chi connectivity index (χ4v) is 3.24. The van der Waals surface area contributed by atoms with Crippen LogP contribution in [-0.2, 0) is 6.18 Å². The van der Waals surface area contributed by atoms with Crippen LogP contribution in [-0.4, -0.2) is 20.9 Å². The molecule has 0 saturated heterocycles. The van der Waals surface area contributed by atoms with Gasteiger partial charge < -0.3 is 10.6 Å². The van der Waals surface area contributed by atoms with Crippen molar-refractivity contribution in [3.63, 3.8) is 0 Å². The Morgan fingerprint density at radius 1 is 1.06 bits per heavy atom. The number of anilines is 3. The summed E-state index contributed by atoms with van der Waals surface area (Å²) in [5.74, 6) is -0.444. The standard InChI is InChI=1S/C24H16F3N7O/c1-14-4-6-17(31-22(35)15-5-7-20(34-28)18(11-15)24(25,26)27)12-21(14)33-23-30-10-8-19(32-23)16-3-2-9-29-13-16/h2-13H,1H3,(H-,30,31,32,33,35)/p+1. The highest BCUT2D eigenvalue weighted by Crippen LogP contribution is 2.37. The summed E-state index contributed by atoms with van der Waals surface area (Å²) in [7, 11) is 0. The maximum atomic E-state index is 13.2. The van der Waals surface area contributed by atoms with Gasteiger partial charge in [0.05, 0.1) is 5.69 Å². The van der Waals surface area contributed by atoms with Crippen molar-refractivity contribution in [2.75, 3.05) is 10.6 Å². The Balaban J connectivity index is 1.56. The maximum Gasteiger partial charge on any atom is 0.424 e. The second-order valence-electron chi connectivity index (χ2n) is 7.45. The smallest absolute Gasteiger partial charge is 0.324 e. The fraction of sp³-hybridized carbons (Fsp3) is 0.0833. The Hall–Kier alpha value is -4.85. The highest BCUT2D eigenvalue weighted by Gasteiger charge is 2.39. The molecule has 0 aliphatic rings. The Bertz CT molecular complexity index is 1430. The molecule has 2 N–H and O–H groups in total. The lowest BCUT2D eigenvalue weighted by Gasteiger charge is -2.12. The molecule has 0 fully saturated rings. The van der Waals surface area contributed by atoms with Gasteiger partial charge in [-0.1, -0.05) is 6.07 Å². The first-order valence-corrected chi connectivity index (χ1v) is 10.2. The van der Waals surface area contributed by atoms with E-state index in [0.717, 1.165) is 23.3 Å². The molecule has 4 aromatic rings. The van der Waals surface area contributed by atoms with E-state index < -0.39 is 23.3 Å². The summed E-state index contributed by atoms with van der Waals surface area (Å²) in [4.78, 5) is 28.0. The van der Waals surface area contributed by atoms with E-state index >= 15 is 0 Å². The molecule has 0 unspecified atom stereocenters. The van der Waals surface area contributed by atoms with E-state index in [1.54, 1.807) is 48.9 Å². The summed E-state index contributed by atoms with van der Waals surface area (Å²) < 4.78 is 39.7. The molecule has 0 saturated carbocycles.